The fraction of sp³-hybridized carbons (Fsp3) is 0.294. The molecule has 0 unspecified atom stereocenters. The highest BCUT2D eigenvalue weighted by Gasteiger charge is 2.30. The zero-order valence-electron chi connectivity index (χ0n) is 13.8. The van der Waals surface area contributed by atoms with E-state index < -0.39 is 29.6 Å². The van der Waals surface area contributed by atoms with Crippen LogP contribution in [0.1, 0.15) is 23.0 Å². The topological polar surface area (TPSA) is 80.6 Å². The summed E-state index contributed by atoms with van der Waals surface area (Å²) in [4.78, 5) is 23.6. The van der Waals surface area contributed by atoms with E-state index in [-0.39, 0.29) is 24.7 Å². The van der Waals surface area contributed by atoms with Gasteiger partial charge < -0.3 is 19.8 Å². The Morgan fingerprint density at radius 2 is 1.88 bits per heavy atom. The molecule has 0 aliphatic carbocycles. The van der Waals surface area contributed by atoms with Crippen molar-refractivity contribution in [1.82, 2.24) is 10.6 Å². The fourth-order valence-corrected chi connectivity index (χ4v) is 1.98. The molecule has 140 valence electrons. The molecule has 0 aliphatic heterocycles. The fourth-order valence-electron chi connectivity index (χ4n) is 1.98. The largest absolute Gasteiger partial charge is 0.492 e. The van der Waals surface area contributed by atoms with Crippen LogP contribution in [-0.4, -0.2) is 31.0 Å². The molecule has 1 atom stereocenters. The highest BCUT2D eigenvalue weighted by atomic mass is 19.4. The molecular weight excluding hydrogens is 353 g/mol. The van der Waals surface area contributed by atoms with Crippen molar-refractivity contribution in [3.63, 3.8) is 0 Å². The van der Waals surface area contributed by atoms with E-state index in [4.69, 9.17) is 9.15 Å². The third kappa shape index (κ3) is 5.54. The average molecular weight is 370 g/mol. The van der Waals surface area contributed by atoms with Gasteiger partial charge in [0.15, 0.2) is 5.76 Å². The van der Waals surface area contributed by atoms with Crippen molar-refractivity contribution in [3.8, 4) is 5.75 Å². The van der Waals surface area contributed by atoms with Gasteiger partial charge in [0.2, 0.25) is 5.91 Å². The summed E-state index contributed by atoms with van der Waals surface area (Å²) in [5.74, 6) is -0.596. The first kappa shape index (κ1) is 19.4. The Balaban J connectivity index is 1.70. The molecule has 1 aromatic heterocycles. The van der Waals surface area contributed by atoms with Gasteiger partial charge in [0, 0.05) is 0 Å². The van der Waals surface area contributed by atoms with Crippen LogP contribution in [0, 0.1) is 0 Å². The van der Waals surface area contributed by atoms with Crippen molar-refractivity contribution in [2.24, 2.45) is 0 Å². The molecule has 9 heteroatoms. The van der Waals surface area contributed by atoms with Gasteiger partial charge in [-0.25, -0.2) is 0 Å². The van der Waals surface area contributed by atoms with Crippen molar-refractivity contribution in [2.45, 2.75) is 19.1 Å². The molecule has 0 bridgehead atoms. The van der Waals surface area contributed by atoms with Crippen LogP contribution < -0.4 is 15.4 Å². The average Bonchev–Trinajstić information content (AvgIpc) is 3.12. The van der Waals surface area contributed by atoms with E-state index in [1.54, 1.807) is 6.07 Å². The van der Waals surface area contributed by atoms with Gasteiger partial charge in [-0.2, -0.15) is 13.2 Å². The Bertz CT molecular complexity index is 727. The van der Waals surface area contributed by atoms with Crippen LogP contribution in [0.15, 0.2) is 47.1 Å². The molecule has 0 radical (unpaired) electrons. The Morgan fingerprint density at radius 3 is 2.46 bits per heavy atom. The quantitative estimate of drug-likeness (QED) is 0.735. The van der Waals surface area contributed by atoms with Crippen LogP contribution in [0.2, 0.25) is 0 Å². The number of alkyl halides is 3. The van der Waals surface area contributed by atoms with Crippen LogP contribution in [-0.2, 0) is 11.0 Å². The Hall–Kier alpha value is -2.97. The molecule has 6 nitrogen and oxygen atoms in total. The summed E-state index contributed by atoms with van der Waals surface area (Å²) in [5, 5.41) is 5.02. The molecule has 1 aromatic carbocycles. The minimum atomic E-state index is -4.40. The number of hydrogen-bond acceptors (Lipinski definition) is 4. The van der Waals surface area contributed by atoms with E-state index in [9.17, 15) is 22.8 Å². The number of amides is 2. The summed E-state index contributed by atoms with van der Waals surface area (Å²) < 4.78 is 47.5. The smallest absolute Gasteiger partial charge is 0.416 e. The third-order valence-electron chi connectivity index (χ3n) is 3.34. The zero-order chi connectivity index (χ0) is 19.2. The molecule has 0 fully saturated rings. The van der Waals surface area contributed by atoms with Crippen molar-refractivity contribution in [1.29, 1.82) is 0 Å². The first-order valence-corrected chi connectivity index (χ1v) is 7.69. The molecule has 2 N–H and O–H groups in total. The van der Waals surface area contributed by atoms with Gasteiger partial charge in [0.05, 0.1) is 18.4 Å². The van der Waals surface area contributed by atoms with Gasteiger partial charge in [-0.05, 0) is 43.3 Å². The number of carbonyl (C=O) groups is 2. The molecular formula is C17H17F3N2O4. The summed E-state index contributed by atoms with van der Waals surface area (Å²) in [6.45, 7) is 1.70. The van der Waals surface area contributed by atoms with E-state index in [0.717, 1.165) is 12.1 Å². The molecule has 2 aromatic rings. The van der Waals surface area contributed by atoms with Crippen molar-refractivity contribution < 1.29 is 31.9 Å². The van der Waals surface area contributed by atoms with Crippen LogP contribution in [0.5, 0.6) is 5.75 Å². The Morgan fingerprint density at radius 1 is 1.19 bits per heavy atom. The summed E-state index contributed by atoms with van der Waals surface area (Å²) in [5.41, 5.74) is -0.765. The molecule has 1 heterocycles. The summed E-state index contributed by atoms with van der Waals surface area (Å²) >= 11 is 0. The number of ether oxygens (including phenoxy) is 1. The number of benzene rings is 1. The van der Waals surface area contributed by atoms with Crippen LogP contribution in [0.4, 0.5) is 13.2 Å². The molecule has 2 rings (SSSR count). The highest BCUT2D eigenvalue weighted by molar-refractivity contribution is 5.95. The second-order valence-corrected chi connectivity index (χ2v) is 5.33. The van der Waals surface area contributed by atoms with Crippen molar-refractivity contribution >= 4 is 11.8 Å². The third-order valence-corrected chi connectivity index (χ3v) is 3.34. The number of halogens is 3. The SMILES string of the molecule is C[C@H](NC(=O)c1ccco1)C(=O)NCCOc1ccc(C(F)(F)F)cc1. The highest BCUT2D eigenvalue weighted by Crippen LogP contribution is 2.30. The minimum Gasteiger partial charge on any atom is -0.492 e. The first-order chi connectivity index (χ1) is 12.3. The number of rotatable bonds is 7. The lowest BCUT2D eigenvalue weighted by molar-refractivity contribution is -0.137. The monoisotopic (exact) mass is 370 g/mol. The van der Waals surface area contributed by atoms with Crippen molar-refractivity contribution in [2.75, 3.05) is 13.2 Å². The molecule has 0 saturated carbocycles. The number of carbonyl (C=O) groups excluding carboxylic acids is 2. The first-order valence-electron chi connectivity index (χ1n) is 7.69. The van der Waals surface area contributed by atoms with Gasteiger partial charge in [0.25, 0.3) is 5.91 Å². The summed E-state index contributed by atoms with van der Waals surface area (Å²) in [6.07, 6.45) is -3.05. The van der Waals surface area contributed by atoms with Gasteiger partial charge in [-0.1, -0.05) is 0 Å². The predicted molar refractivity (Wildman–Crippen MR) is 85.6 cm³/mol. The number of hydrogen-bond donors (Lipinski definition) is 2. The molecule has 0 spiro atoms. The maximum atomic E-state index is 12.4. The number of furan rings is 1. The van der Waals surface area contributed by atoms with Crippen LogP contribution in [0.3, 0.4) is 0 Å². The van der Waals surface area contributed by atoms with Crippen molar-refractivity contribution in [3.05, 3.63) is 54.0 Å². The van der Waals surface area contributed by atoms with E-state index in [1.807, 2.05) is 0 Å². The lowest BCUT2D eigenvalue weighted by atomic mass is 10.2. The molecule has 2 amide bonds. The minimum absolute atomic E-state index is 0.0654. The standard InChI is InChI=1S/C17H17F3N2O4/c1-11(22-16(24)14-3-2-9-26-14)15(23)21-8-10-25-13-6-4-12(5-7-13)17(18,19)20/h2-7,9,11H,8,10H2,1H3,(H,21,23)(H,22,24)/t11-/m0/s1. The van der Waals surface area contributed by atoms with Crippen LogP contribution >= 0.6 is 0 Å². The Kier molecular flexibility index (Phi) is 6.26. The molecule has 0 saturated heterocycles. The summed E-state index contributed by atoms with van der Waals surface area (Å²) in [7, 11) is 0. The zero-order valence-corrected chi connectivity index (χ0v) is 13.8. The molecule has 26 heavy (non-hydrogen) atoms. The molecule has 0 aliphatic rings. The van der Waals surface area contributed by atoms with E-state index in [2.05, 4.69) is 10.6 Å². The van der Waals surface area contributed by atoms with E-state index in [1.165, 1.54) is 31.4 Å². The Labute approximate surface area is 147 Å². The predicted octanol–water partition coefficient (Wildman–Crippen LogP) is 2.61. The van der Waals surface area contributed by atoms with E-state index >= 15 is 0 Å². The van der Waals surface area contributed by atoms with Gasteiger partial charge >= 0.3 is 6.18 Å². The van der Waals surface area contributed by atoms with Gasteiger partial charge in [0.1, 0.15) is 18.4 Å². The normalized spacial score (nSPS) is 12.3. The second kappa shape index (κ2) is 8.41. The van der Waals surface area contributed by atoms with Gasteiger partial charge in [-0.15, -0.1) is 0 Å². The maximum absolute atomic E-state index is 12.4. The number of nitrogens with one attached hydrogen (secondary N) is 2. The second-order valence-electron chi connectivity index (χ2n) is 5.33. The maximum Gasteiger partial charge on any atom is 0.416 e. The van der Waals surface area contributed by atoms with E-state index in [0.29, 0.717) is 0 Å². The van der Waals surface area contributed by atoms with Crippen LogP contribution in [0.25, 0.3) is 0 Å². The summed E-state index contributed by atoms with van der Waals surface area (Å²) in [6, 6.07) is 6.48. The lowest BCUT2D eigenvalue weighted by Gasteiger charge is -2.14. The lowest BCUT2D eigenvalue weighted by Crippen LogP contribution is -2.45. The van der Waals surface area contributed by atoms with Gasteiger partial charge in [-0.3, -0.25) is 9.59 Å².